The molecule has 0 aromatic rings. The fourth-order valence-corrected chi connectivity index (χ4v) is 3.68. The third kappa shape index (κ3) is 6.23. The van der Waals surface area contributed by atoms with E-state index in [1.54, 1.807) is 6.92 Å². The number of nitrogens with zero attached hydrogens (tertiary/aromatic N) is 1. The Kier molecular flexibility index (Phi) is 7.32. The molecule has 4 nitrogen and oxygen atoms in total. The molecule has 0 bridgehead atoms. The van der Waals surface area contributed by atoms with Crippen molar-refractivity contribution in [3.05, 3.63) is 0 Å². The number of nitrogens with one attached hydrogen (secondary N) is 1. The van der Waals surface area contributed by atoms with Gasteiger partial charge in [-0.2, -0.15) is 0 Å². The van der Waals surface area contributed by atoms with Crippen LogP contribution in [0.5, 0.6) is 0 Å². The third-order valence-electron chi connectivity index (χ3n) is 4.23. The SMILES string of the molecule is CCNC(C)C1CCN(CCCS(=O)(=O)CC)CC1. The summed E-state index contributed by atoms with van der Waals surface area (Å²) in [5, 5.41) is 3.50. The topological polar surface area (TPSA) is 49.4 Å². The van der Waals surface area contributed by atoms with E-state index in [2.05, 4.69) is 24.1 Å². The lowest BCUT2D eigenvalue weighted by atomic mass is 9.90. The zero-order chi connectivity index (χ0) is 14.3. The first-order valence-electron chi connectivity index (χ1n) is 7.64. The van der Waals surface area contributed by atoms with E-state index in [1.807, 2.05) is 0 Å². The van der Waals surface area contributed by atoms with E-state index in [0.717, 1.165) is 38.5 Å². The molecular weight excluding hydrogens is 260 g/mol. The second kappa shape index (κ2) is 8.22. The van der Waals surface area contributed by atoms with Crippen LogP contribution in [0.4, 0.5) is 0 Å². The first-order chi connectivity index (χ1) is 8.98. The number of hydrogen-bond donors (Lipinski definition) is 1. The Hall–Kier alpha value is -0.130. The predicted octanol–water partition coefficient (Wildman–Crippen LogP) is 1.52. The van der Waals surface area contributed by atoms with Gasteiger partial charge < -0.3 is 10.2 Å². The lowest BCUT2D eigenvalue weighted by Crippen LogP contribution is -2.42. The highest BCUT2D eigenvalue weighted by Gasteiger charge is 2.23. The summed E-state index contributed by atoms with van der Waals surface area (Å²) in [6.07, 6.45) is 3.24. The Balaban J connectivity index is 2.20. The van der Waals surface area contributed by atoms with Crippen molar-refractivity contribution in [2.45, 2.75) is 46.1 Å². The molecule has 1 saturated heterocycles. The van der Waals surface area contributed by atoms with Crippen LogP contribution < -0.4 is 5.32 Å². The lowest BCUT2D eigenvalue weighted by molar-refractivity contribution is 0.163. The minimum absolute atomic E-state index is 0.273. The predicted molar refractivity (Wildman–Crippen MR) is 81.2 cm³/mol. The molecule has 0 spiro atoms. The van der Waals surface area contributed by atoms with Crippen LogP contribution in [-0.4, -0.2) is 57.0 Å². The van der Waals surface area contributed by atoms with E-state index in [4.69, 9.17) is 0 Å². The summed E-state index contributed by atoms with van der Waals surface area (Å²) in [4.78, 5) is 2.42. The van der Waals surface area contributed by atoms with Crippen LogP contribution >= 0.6 is 0 Å². The Bertz CT molecular complexity index is 335. The molecular formula is C14H30N2O2S. The van der Waals surface area contributed by atoms with Gasteiger partial charge in [-0.05, 0) is 58.3 Å². The van der Waals surface area contributed by atoms with Crippen molar-refractivity contribution in [3.63, 3.8) is 0 Å². The molecule has 0 aliphatic carbocycles. The normalized spacial score (nSPS) is 20.6. The second-order valence-corrected chi connectivity index (χ2v) is 8.09. The van der Waals surface area contributed by atoms with Crippen LogP contribution in [0.15, 0.2) is 0 Å². The quantitative estimate of drug-likeness (QED) is 0.736. The van der Waals surface area contributed by atoms with Gasteiger partial charge in [0.2, 0.25) is 0 Å². The Morgan fingerprint density at radius 3 is 2.42 bits per heavy atom. The zero-order valence-corrected chi connectivity index (χ0v) is 13.5. The van der Waals surface area contributed by atoms with Crippen molar-refractivity contribution in [3.8, 4) is 0 Å². The van der Waals surface area contributed by atoms with Gasteiger partial charge in [0.25, 0.3) is 0 Å². The smallest absolute Gasteiger partial charge is 0.150 e. The Labute approximate surface area is 118 Å². The van der Waals surface area contributed by atoms with Crippen LogP contribution in [0.2, 0.25) is 0 Å². The first-order valence-corrected chi connectivity index (χ1v) is 9.46. The number of rotatable bonds is 8. The van der Waals surface area contributed by atoms with Gasteiger partial charge in [0.05, 0.1) is 5.75 Å². The minimum atomic E-state index is -2.79. The van der Waals surface area contributed by atoms with Gasteiger partial charge in [0.1, 0.15) is 9.84 Å². The van der Waals surface area contributed by atoms with Crippen LogP contribution in [0, 0.1) is 5.92 Å². The number of sulfone groups is 1. The third-order valence-corrected chi connectivity index (χ3v) is 6.03. The fraction of sp³-hybridized carbons (Fsp3) is 1.00. The summed E-state index contributed by atoms with van der Waals surface area (Å²) in [5.41, 5.74) is 0. The van der Waals surface area contributed by atoms with E-state index < -0.39 is 9.84 Å². The average Bonchev–Trinajstić information content (AvgIpc) is 2.39. The molecule has 1 aliphatic heterocycles. The molecule has 0 saturated carbocycles. The molecule has 1 heterocycles. The van der Waals surface area contributed by atoms with Gasteiger partial charge in [-0.15, -0.1) is 0 Å². The van der Waals surface area contributed by atoms with Gasteiger partial charge >= 0.3 is 0 Å². The number of likely N-dealkylation sites (tertiary alicyclic amines) is 1. The van der Waals surface area contributed by atoms with Crippen molar-refractivity contribution in [1.82, 2.24) is 10.2 Å². The maximum absolute atomic E-state index is 11.4. The first kappa shape index (κ1) is 16.9. The summed E-state index contributed by atoms with van der Waals surface area (Å²) in [6, 6.07) is 0.604. The second-order valence-electron chi connectivity index (χ2n) is 5.62. The van der Waals surface area contributed by atoms with Crippen molar-refractivity contribution < 1.29 is 8.42 Å². The molecule has 1 unspecified atom stereocenters. The highest BCUT2D eigenvalue weighted by atomic mass is 32.2. The molecule has 0 radical (unpaired) electrons. The van der Waals surface area contributed by atoms with E-state index in [9.17, 15) is 8.42 Å². The summed E-state index contributed by atoms with van der Waals surface area (Å²) >= 11 is 0. The molecule has 1 fully saturated rings. The van der Waals surface area contributed by atoms with Gasteiger partial charge in [-0.3, -0.25) is 0 Å². The molecule has 0 amide bonds. The van der Waals surface area contributed by atoms with Crippen molar-refractivity contribution in [2.24, 2.45) is 5.92 Å². The largest absolute Gasteiger partial charge is 0.314 e. The van der Waals surface area contributed by atoms with Crippen LogP contribution in [-0.2, 0) is 9.84 Å². The summed E-state index contributed by atoms with van der Waals surface area (Å²) in [7, 11) is -2.79. The van der Waals surface area contributed by atoms with E-state index >= 15 is 0 Å². The van der Waals surface area contributed by atoms with Crippen molar-refractivity contribution >= 4 is 9.84 Å². The molecule has 114 valence electrons. The molecule has 19 heavy (non-hydrogen) atoms. The van der Waals surface area contributed by atoms with Gasteiger partial charge in [0, 0.05) is 11.8 Å². The average molecular weight is 290 g/mol. The number of hydrogen-bond acceptors (Lipinski definition) is 4. The Morgan fingerprint density at radius 1 is 1.26 bits per heavy atom. The maximum Gasteiger partial charge on any atom is 0.150 e. The fourth-order valence-electron chi connectivity index (χ4n) is 2.82. The molecule has 1 aliphatic rings. The minimum Gasteiger partial charge on any atom is -0.314 e. The molecule has 1 atom stereocenters. The van der Waals surface area contributed by atoms with Gasteiger partial charge in [-0.25, -0.2) is 8.42 Å². The molecule has 0 aromatic heterocycles. The van der Waals surface area contributed by atoms with Crippen LogP contribution in [0.3, 0.4) is 0 Å². The summed E-state index contributed by atoms with van der Waals surface area (Å²) in [6.45, 7) is 10.4. The molecule has 1 rings (SSSR count). The van der Waals surface area contributed by atoms with Crippen molar-refractivity contribution in [2.75, 3.05) is 37.7 Å². The van der Waals surface area contributed by atoms with Crippen molar-refractivity contribution in [1.29, 1.82) is 0 Å². The van der Waals surface area contributed by atoms with Crippen LogP contribution in [0.1, 0.15) is 40.0 Å². The van der Waals surface area contributed by atoms with Crippen LogP contribution in [0.25, 0.3) is 0 Å². The zero-order valence-electron chi connectivity index (χ0n) is 12.7. The number of piperidine rings is 1. The van der Waals surface area contributed by atoms with E-state index in [0.29, 0.717) is 11.8 Å². The maximum atomic E-state index is 11.4. The van der Waals surface area contributed by atoms with Gasteiger partial charge in [0.15, 0.2) is 0 Å². The monoisotopic (exact) mass is 290 g/mol. The molecule has 1 N–H and O–H groups in total. The summed E-state index contributed by atoms with van der Waals surface area (Å²) in [5.74, 6) is 1.39. The molecule has 0 aromatic carbocycles. The van der Waals surface area contributed by atoms with E-state index in [1.165, 1.54) is 12.8 Å². The lowest BCUT2D eigenvalue weighted by Gasteiger charge is -2.35. The Morgan fingerprint density at radius 2 is 1.89 bits per heavy atom. The highest BCUT2D eigenvalue weighted by Crippen LogP contribution is 2.20. The standard InChI is InChI=1S/C14H30N2O2S/c1-4-15-13(3)14-7-10-16(11-8-14)9-6-12-19(17,18)5-2/h13-15H,4-12H2,1-3H3. The molecule has 5 heteroatoms. The summed E-state index contributed by atoms with van der Waals surface area (Å²) < 4.78 is 22.9. The van der Waals surface area contributed by atoms with E-state index in [-0.39, 0.29) is 5.75 Å². The van der Waals surface area contributed by atoms with Gasteiger partial charge in [-0.1, -0.05) is 13.8 Å². The highest BCUT2D eigenvalue weighted by molar-refractivity contribution is 7.91.